The first kappa shape index (κ1) is 17.6. The number of ether oxygens (including phenoxy) is 4. The van der Waals surface area contributed by atoms with Crippen LogP contribution in [0.15, 0.2) is 48.0 Å². The molecule has 0 amide bonds. The van der Waals surface area contributed by atoms with Gasteiger partial charge in [0.05, 0.1) is 32.5 Å². The lowest BCUT2D eigenvalue weighted by atomic mass is 10.1. The molecule has 0 atom stereocenters. The van der Waals surface area contributed by atoms with Gasteiger partial charge in [0, 0.05) is 6.07 Å². The Bertz CT molecular complexity index is 909. The number of carbonyl (C=O) groups excluding carboxylic acids is 1. The summed E-state index contributed by atoms with van der Waals surface area (Å²) in [7, 11) is 4.77. The van der Waals surface area contributed by atoms with Crippen LogP contribution in [0, 0.1) is 6.92 Å². The van der Waals surface area contributed by atoms with Gasteiger partial charge in [0.15, 0.2) is 0 Å². The van der Waals surface area contributed by atoms with Crippen molar-refractivity contribution in [1.29, 1.82) is 0 Å². The van der Waals surface area contributed by atoms with E-state index in [1.807, 2.05) is 25.1 Å². The van der Waals surface area contributed by atoms with Crippen molar-refractivity contribution < 1.29 is 23.7 Å². The van der Waals surface area contributed by atoms with Gasteiger partial charge in [0.25, 0.3) is 0 Å². The molecule has 0 radical (unpaired) electrons. The van der Waals surface area contributed by atoms with Crippen molar-refractivity contribution in [3.05, 3.63) is 64.7 Å². The summed E-state index contributed by atoms with van der Waals surface area (Å²) < 4.78 is 21.3. The summed E-state index contributed by atoms with van der Waals surface area (Å²) >= 11 is 0. The van der Waals surface area contributed by atoms with Crippen LogP contribution in [0.5, 0.6) is 17.2 Å². The van der Waals surface area contributed by atoms with Gasteiger partial charge in [-0.05, 0) is 48.4 Å². The first-order valence-corrected chi connectivity index (χ1v) is 8.08. The van der Waals surface area contributed by atoms with Gasteiger partial charge < -0.3 is 18.9 Å². The van der Waals surface area contributed by atoms with Gasteiger partial charge in [-0.15, -0.1) is 0 Å². The fourth-order valence-electron chi connectivity index (χ4n) is 2.73. The standard InChI is InChI=1S/C21H20O5/c1-13-5-6-14(10-18(13)24-3)9-15-11-20(26-21(15)22)17-8-7-16(23-2)12-19(17)25-4/h5-12H,1-4H3. The van der Waals surface area contributed by atoms with Gasteiger partial charge in [0.2, 0.25) is 0 Å². The Morgan fingerprint density at radius 2 is 1.69 bits per heavy atom. The van der Waals surface area contributed by atoms with Gasteiger partial charge in [0.1, 0.15) is 23.0 Å². The monoisotopic (exact) mass is 352 g/mol. The maximum absolute atomic E-state index is 12.3. The van der Waals surface area contributed by atoms with E-state index in [1.165, 1.54) is 0 Å². The molecule has 0 fully saturated rings. The van der Waals surface area contributed by atoms with Crippen LogP contribution >= 0.6 is 0 Å². The lowest BCUT2D eigenvalue weighted by Gasteiger charge is -2.10. The Morgan fingerprint density at radius 1 is 0.923 bits per heavy atom. The van der Waals surface area contributed by atoms with Crippen LogP contribution in [0.2, 0.25) is 0 Å². The number of hydrogen-bond acceptors (Lipinski definition) is 5. The SMILES string of the molecule is COc1ccc(C2=CC(=Cc3ccc(C)c(OC)c3)C(=O)O2)c(OC)c1. The van der Waals surface area contributed by atoms with E-state index in [1.54, 1.807) is 51.7 Å². The average Bonchev–Trinajstić information content (AvgIpc) is 3.02. The molecular weight excluding hydrogens is 332 g/mol. The van der Waals surface area contributed by atoms with Crippen molar-refractivity contribution in [2.24, 2.45) is 0 Å². The third-order valence-electron chi connectivity index (χ3n) is 4.15. The number of benzene rings is 2. The van der Waals surface area contributed by atoms with Crippen molar-refractivity contribution in [2.75, 3.05) is 21.3 Å². The Labute approximate surface area is 152 Å². The molecule has 1 aliphatic rings. The van der Waals surface area contributed by atoms with Gasteiger partial charge in [-0.25, -0.2) is 4.79 Å². The fraction of sp³-hybridized carbons (Fsp3) is 0.190. The number of methoxy groups -OCH3 is 3. The van der Waals surface area contributed by atoms with Crippen LogP contribution in [0.1, 0.15) is 16.7 Å². The molecular formula is C21H20O5. The summed E-state index contributed by atoms with van der Waals surface area (Å²) in [6.07, 6.45) is 3.48. The number of rotatable bonds is 5. The maximum atomic E-state index is 12.3. The predicted molar refractivity (Wildman–Crippen MR) is 99.3 cm³/mol. The van der Waals surface area contributed by atoms with E-state index in [0.717, 1.165) is 16.9 Å². The van der Waals surface area contributed by atoms with Gasteiger partial charge in [-0.3, -0.25) is 0 Å². The van der Waals surface area contributed by atoms with Crippen molar-refractivity contribution in [2.45, 2.75) is 6.92 Å². The second kappa shape index (κ2) is 7.35. The lowest BCUT2D eigenvalue weighted by molar-refractivity contribution is -0.130. The third kappa shape index (κ3) is 3.42. The van der Waals surface area contributed by atoms with Crippen LogP contribution in [0.25, 0.3) is 11.8 Å². The topological polar surface area (TPSA) is 54.0 Å². The Hall–Kier alpha value is -3.21. The molecule has 3 rings (SSSR count). The fourth-order valence-corrected chi connectivity index (χ4v) is 2.73. The molecule has 0 aliphatic carbocycles. The van der Waals surface area contributed by atoms with E-state index in [9.17, 15) is 4.79 Å². The quantitative estimate of drug-likeness (QED) is 0.601. The summed E-state index contributed by atoms with van der Waals surface area (Å²) in [5, 5.41) is 0. The molecule has 134 valence electrons. The Balaban J connectivity index is 1.97. The van der Waals surface area contributed by atoms with Crippen molar-refractivity contribution in [3.8, 4) is 17.2 Å². The first-order valence-electron chi connectivity index (χ1n) is 8.08. The second-order valence-corrected chi connectivity index (χ2v) is 5.79. The third-order valence-corrected chi connectivity index (χ3v) is 4.15. The van der Waals surface area contributed by atoms with Crippen LogP contribution in [-0.4, -0.2) is 27.3 Å². The zero-order valence-electron chi connectivity index (χ0n) is 15.2. The number of aryl methyl sites for hydroxylation is 1. The van der Waals surface area contributed by atoms with E-state index < -0.39 is 5.97 Å². The molecule has 0 spiro atoms. The molecule has 26 heavy (non-hydrogen) atoms. The molecule has 1 heterocycles. The van der Waals surface area contributed by atoms with Crippen LogP contribution in [0.4, 0.5) is 0 Å². The van der Waals surface area contributed by atoms with Crippen LogP contribution in [0.3, 0.4) is 0 Å². The second-order valence-electron chi connectivity index (χ2n) is 5.79. The molecule has 0 saturated carbocycles. The van der Waals surface area contributed by atoms with Gasteiger partial charge in [-0.1, -0.05) is 12.1 Å². The van der Waals surface area contributed by atoms with Gasteiger partial charge in [-0.2, -0.15) is 0 Å². The summed E-state index contributed by atoms with van der Waals surface area (Å²) in [5.74, 6) is 2.05. The zero-order chi connectivity index (χ0) is 18.7. The number of carbonyl (C=O) groups is 1. The number of hydrogen-bond donors (Lipinski definition) is 0. The van der Waals surface area contributed by atoms with Gasteiger partial charge >= 0.3 is 5.97 Å². The van der Waals surface area contributed by atoms with E-state index >= 15 is 0 Å². The Morgan fingerprint density at radius 3 is 2.38 bits per heavy atom. The lowest BCUT2D eigenvalue weighted by Crippen LogP contribution is -1.98. The highest BCUT2D eigenvalue weighted by molar-refractivity contribution is 6.05. The molecule has 0 saturated heterocycles. The molecule has 2 aromatic rings. The van der Waals surface area contributed by atoms with Crippen LogP contribution < -0.4 is 14.2 Å². The average molecular weight is 352 g/mol. The summed E-state index contributed by atoms with van der Waals surface area (Å²) in [5.41, 5.74) is 3.04. The zero-order valence-corrected chi connectivity index (χ0v) is 15.2. The number of cyclic esters (lactones) is 1. The van der Waals surface area contributed by atoms with Crippen molar-refractivity contribution in [3.63, 3.8) is 0 Å². The minimum absolute atomic E-state index is 0.405. The summed E-state index contributed by atoms with van der Waals surface area (Å²) in [4.78, 5) is 12.3. The van der Waals surface area contributed by atoms with Crippen molar-refractivity contribution in [1.82, 2.24) is 0 Å². The maximum Gasteiger partial charge on any atom is 0.343 e. The highest BCUT2D eigenvalue weighted by atomic mass is 16.5. The minimum atomic E-state index is -0.405. The van der Waals surface area contributed by atoms with E-state index in [2.05, 4.69) is 0 Å². The highest BCUT2D eigenvalue weighted by Crippen LogP contribution is 2.35. The smallest absolute Gasteiger partial charge is 0.343 e. The first-order chi connectivity index (χ1) is 12.5. The van der Waals surface area contributed by atoms with E-state index in [0.29, 0.717) is 28.4 Å². The normalized spacial score (nSPS) is 14.8. The molecule has 0 aromatic heterocycles. The van der Waals surface area contributed by atoms with E-state index in [-0.39, 0.29) is 0 Å². The minimum Gasteiger partial charge on any atom is -0.497 e. The predicted octanol–water partition coefficient (Wildman–Crippen LogP) is 4.00. The molecule has 0 unspecified atom stereocenters. The Kier molecular flexibility index (Phi) is 4.98. The number of esters is 1. The molecule has 5 nitrogen and oxygen atoms in total. The molecule has 2 aromatic carbocycles. The molecule has 0 bridgehead atoms. The molecule has 1 aliphatic heterocycles. The summed E-state index contributed by atoms with van der Waals surface area (Å²) in [6, 6.07) is 11.1. The molecule has 0 N–H and O–H groups in total. The highest BCUT2D eigenvalue weighted by Gasteiger charge is 2.24. The summed E-state index contributed by atoms with van der Waals surface area (Å²) in [6.45, 7) is 1.97. The van der Waals surface area contributed by atoms with Crippen molar-refractivity contribution >= 4 is 17.8 Å². The van der Waals surface area contributed by atoms with E-state index in [4.69, 9.17) is 18.9 Å². The van der Waals surface area contributed by atoms with Crippen LogP contribution in [-0.2, 0) is 9.53 Å². The molecule has 5 heteroatoms. The largest absolute Gasteiger partial charge is 0.497 e.